The summed E-state index contributed by atoms with van der Waals surface area (Å²) >= 11 is 0.896. The second-order valence-electron chi connectivity index (χ2n) is 11.1. The van der Waals surface area contributed by atoms with Crippen molar-refractivity contribution < 1.29 is 31.1 Å². The highest BCUT2D eigenvalue weighted by Crippen LogP contribution is 2.50. The minimum absolute atomic E-state index is 0.00521. The van der Waals surface area contributed by atoms with Gasteiger partial charge in [-0.1, -0.05) is 13.2 Å². The molecule has 0 aliphatic carbocycles. The molecule has 1 amide bonds. The van der Waals surface area contributed by atoms with Crippen LogP contribution in [0, 0.1) is 17.5 Å². The number of piperazine rings is 1. The fourth-order valence-corrected chi connectivity index (χ4v) is 7.51. The van der Waals surface area contributed by atoms with E-state index in [1.54, 1.807) is 11.8 Å². The predicted octanol–water partition coefficient (Wildman–Crippen LogP) is 6.52. The van der Waals surface area contributed by atoms with Crippen LogP contribution >= 0.6 is 11.8 Å². The Morgan fingerprint density at radius 2 is 1.87 bits per heavy atom. The number of hydrogen-bond acceptors (Lipinski definition) is 6. The van der Waals surface area contributed by atoms with Crippen LogP contribution in [-0.4, -0.2) is 50.2 Å². The molecule has 7 nitrogen and oxygen atoms in total. The number of anilines is 1. The van der Waals surface area contributed by atoms with Crippen LogP contribution in [0.5, 0.6) is 0 Å². The predicted molar refractivity (Wildman–Crippen MR) is 162 cm³/mol. The van der Waals surface area contributed by atoms with E-state index in [-0.39, 0.29) is 52.7 Å². The summed E-state index contributed by atoms with van der Waals surface area (Å²) in [6.07, 6.45) is -2.53. The van der Waals surface area contributed by atoms with Gasteiger partial charge in [-0.3, -0.25) is 14.3 Å². The van der Waals surface area contributed by atoms with Gasteiger partial charge in [0.2, 0.25) is 5.91 Å². The molecule has 0 saturated carbocycles. The quantitative estimate of drug-likeness (QED) is 0.184. The van der Waals surface area contributed by atoms with Crippen molar-refractivity contribution in [1.29, 1.82) is 0 Å². The van der Waals surface area contributed by atoms with Crippen LogP contribution in [0.1, 0.15) is 24.1 Å². The van der Waals surface area contributed by atoms with Gasteiger partial charge in [0.25, 0.3) is 0 Å². The summed E-state index contributed by atoms with van der Waals surface area (Å²) in [5.41, 5.74) is -2.80. The molecule has 0 radical (unpaired) electrons. The molecule has 46 heavy (non-hydrogen) atoms. The Morgan fingerprint density at radius 1 is 1.11 bits per heavy atom. The van der Waals surface area contributed by atoms with Gasteiger partial charge in [0.05, 0.1) is 29.4 Å². The maximum Gasteiger partial charge on any atom is 0.417 e. The van der Waals surface area contributed by atoms with Gasteiger partial charge in [-0.2, -0.15) is 18.2 Å². The van der Waals surface area contributed by atoms with Gasteiger partial charge in [0.15, 0.2) is 0 Å². The Bertz CT molecular complexity index is 1990. The molecule has 4 heterocycles. The van der Waals surface area contributed by atoms with Crippen LogP contribution in [-0.2, 0) is 17.5 Å². The standard InChI is InChI=1S/C32H25F6N5O2S/c1-4-25(44)43-16(2)12-41(13-17(43)3)30-21-11-22(32(36,37)38)26(20-8-7-19(33)10-24(20)35)29-28(21)42(31(45)40-30)14-18(15-46-29)27-23(34)6-5-9-39-27/h4-11,17-18H,1-2,12-15H2,3H3/t17-,18+/m1/s1. The summed E-state index contributed by atoms with van der Waals surface area (Å²) in [4.78, 5) is 37.5. The topological polar surface area (TPSA) is 71.3 Å². The van der Waals surface area contributed by atoms with Gasteiger partial charge in [-0.05, 0) is 43.3 Å². The zero-order valence-corrected chi connectivity index (χ0v) is 25.1. The molecule has 6 rings (SSSR count). The molecule has 2 atom stereocenters. The molecule has 0 unspecified atom stereocenters. The van der Waals surface area contributed by atoms with Gasteiger partial charge in [0.1, 0.15) is 23.3 Å². The second-order valence-corrected chi connectivity index (χ2v) is 12.1. The molecule has 14 heteroatoms. The van der Waals surface area contributed by atoms with Crippen molar-refractivity contribution in [3.63, 3.8) is 0 Å². The maximum absolute atomic E-state index is 15.3. The lowest BCUT2D eigenvalue weighted by molar-refractivity contribution is -0.137. The van der Waals surface area contributed by atoms with E-state index in [4.69, 9.17) is 0 Å². The molecule has 2 aromatic heterocycles. The lowest BCUT2D eigenvalue weighted by Gasteiger charge is -2.41. The largest absolute Gasteiger partial charge is 0.417 e. The van der Waals surface area contributed by atoms with Crippen LogP contribution in [0.3, 0.4) is 0 Å². The lowest BCUT2D eigenvalue weighted by atomic mass is 9.95. The smallest absolute Gasteiger partial charge is 0.348 e. The highest BCUT2D eigenvalue weighted by Gasteiger charge is 2.40. The number of pyridine rings is 1. The number of rotatable bonds is 4. The van der Waals surface area contributed by atoms with Crippen molar-refractivity contribution in [2.45, 2.75) is 36.5 Å². The van der Waals surface area contributed by atoms with E-state index in [2.05, 4.69) is 23.1 Å². The molecule has 0 N–H and O–H groups in total. The number of hydrogen-bond donors (Lipinski definition) is 0. The van der Waals surface area contributed by atoms with Gasteiger partial charge < -0.3 is 9.80 Å². The summed E-state index contributed by atoms with van der Waals surface area (Å²) in [5.74, 6) is -4.16. The third-order valence-corrected chi connectivity index (χ3v) is 9.32. The summed E-state index contributed by atoms with van der Waals surface area (Å²) in [6, 6.07) is 5.14. The first-order valence-electron chi connectivity index (χ1n) is 14.1. The summed E-state index contributed by atoms with van der Waals surface area (Å²) < 4.78 is 90.1. The van der Waals surface area contributed by atoms with E-state index < -0.39 is 63.9 Å². The Labute approximate surface area is 262 Å². The van der Waals surface area contributed by atoms with Crippen molar-refractivity contribution in [2.24, 2.45) is 0 Å². The van der Waals surface area contributed by atoms with Crippen molar-refractivity contribution in [3.8, 4) is 11.1 Å². The number of alkyl halides is 3. The van der Waals surface area contributed by atoms with Gasteiger partial charge in [0, 0.05) is 64.1 Å². The van der Waals surface area contributed by atoms with E-state index in [1.807, 2.05) is 0 Å². The number of amides is 1. The van der Waals surface area contributed by atoms with Gasteiger partial charge >= 0.3 is 11.9 Å². The molecule has 4 aromatic rings. The van der Waals surface area contributed by atoms with E-state index in [1.165, 1.54) is 23.2 Å². The number of aromatic nitrogens is 3. The number of nitrogens with zero attached hydrogens (tertiary/aromatic N) is 5. The summed E-state index contributed by atoms with van der Waals surface area (Å²) in [7, 11) is 0. The Balaban J connectivity index is 1.66. The molecular weight excluding hydrogens is 632 g/mol. The van der Waals surface area contributed by atoms with Crippen molar-refractivity contribution in [3.05, 3.63) is 107 Å². The van der Waals surface area contributed by atoms with Crippen molar-refractivity contribution in [1.82, 2.24) is 19.4 Å². The van der Waals surface area contributed by atoms with Crippen LogP contribution in [0.15, 0.2) is 77.2 Å². The fraction of sp³-hybridized carbons (Fsp3) is 0.250. The van der Waals surface area contributed by atoms with Gasteiger partial charge in [-0.15, -0.1) is 11.8 Å². The number of benzene rings is 2. The highest BCUT2D eigenvalue weighted by atomic mass is 32.2. The summed E-state index contributed by atoms with van der Waals surface area (Å²) in [6.45, 7) is 9.02. The summed E-state index contributed by atoms with van der Waals surface area (Å²) in [5, 5.41) is -0.0636. The Hall–Kier alpha value is -4.59. The molecule has 2 aliphatic heterocycles. The SMILES string of the molecule is C=CC(=O)N1C(=C)CN(c2nc(=O)n3c4c(c(-c5ccc(F)cc5F)c(C(F)(F)F)cc24)SC[C@@H](c2ncccc2F)C3)C[C@H]1C. The number of carbonyl (C=O) groups is 1. The lowest BCUT2D eigenvalue weighted by Crippen LogP contribution is -2.52. The average molecular weight is 658 g/mol. The minimum Gasteiger partial charge on any atom is -0.348 e. The van der Waals surface area contributed by atoms with Crippen LogP contribution in [0.2, 0.25) is 0 Å². The molecule has 0 spiro atoms. The second kappa shape index (κ2) is 11.6. The van der Waals surface area contributed by atoms with Crippen molar-refractivity contribution in [2.75, 3.05) is 23.7 Å². The van der Waals surface area contributed by atoms with E-state index in [0.29, 0.717) is 11.8 Å². The first-order valence-corrected chi connectivity index (χ1v) is 15.0. The third kappa shape index (κ3) is 5.33. The Morgan fingerprint density at radius 3 is 2.52 bits per heavy atom. The highest BCUT2D eigenvalue weighted by molar-refractivity contribution is 7.99. The average Bonchev–Trinajstić information content (AvgIpc) is 3.19. The third-order valence-electron chi connectivity index (χ3n) is 8.06. The van der Waals surface area contributed by atoms with Crippen LogP contribution in [0.25, 0.3) is 22.0 Å². The monoisotopic (exact) mass is 657 g/mol. The maximum atomic E-state index is 15.3. The Kier molecular flexibility index (Phi) is 7.95. The van der Waals surface area contributed by atoms with Crippen molar-refractivity contribution >= 4 is 34.4 Å². The number of halogens is 6. The molecule has 0 bridgehead atoms. The number of carbonyl (C=O) groups excluding carboxylic acids is 1. The van der Waals surface area contributed by atoms with E-state index in [9.17, 15) is 31.5 Å². The normalized spacial score (nSPS) is 18.5. The molecule has 2 aromatic carbocycles. The molecule has 2 aliphatic rings. The van der Waals surface area contributed by atoms with Crippen LogP contribution in [0.4, 0.5) is 32.2 Å². The minimum atomic E-state index is -5.02. The zero-order valence-electron chi connectivity index (χ0n) is 24.2. The molecule has 1 saturated heterocycles. The fourth-order valence-electron chi connectivity index (χ4n) is 6.15. The molecule has 238 valence electrons. The first-order chi connectivity index (χ1) is 21.8. The van der Waals surface area contributed by atoms with E-state index in [0.717, 1.165) is 40.6 Å². The van der Waals surface area contributed by atoms with Gasteiger partial charge in [-0.25, -0.2) is 18.0 Å². The van der Waals surface area contributed by atoms with E-state index >= 15 is 4.39 Å². The number of thioether (sulfide) groups is 1. The zero-order chi connectivity index (χ0) is 33.1. The molecule has 1 fully saturated rings. The van der Waals surface area contributed by atoms with Crippen LogP contribution < -0.4 is 10.6 Å². The first kappa shape index (κ1) is 31.4. The molecular formula is C32H25F6N5O2S.